The lowest BCUT2D eigenvalue weighted by atomic mass is 10.2. The van der Waals surface area contributed by atoms with E-state index in [-0.39, 0.29) is 25.3 Å². The van der Waals surface area contributed by atoms with E-state index in [1.807, 2.05) is 0 Å². The van der Waals surface area contributed by atoms with Crippen molar-refractivity contribution in [1.29, 1.82) is 0 Å². The average molecular weight is 216 g/mol. The van der Waals surface area contributed by atoms with Crippen LogP contribution in [0.15, 0.2) is 4.99 Å². The molecule has 15 heavy (non-hydrogen) atoms. The number of hydrogen-bond donors (Lipinski definition) is 3. The van der Waals surface area contributed by atoms with Crippen LogP contribution in [0.1, 0.15) is 12.8 Å². The molecular weight excluding hydrogens is 204 g/mol. The Morgan fingerprint density at radius 2 is 2.27 bits per heavy atom. The summed E-state index contributed by atoms with van der Waals surface area (Å²) in [5.74, 6) is -1.88. The summed E-state index contributed by atoms with van der Waals surface area (Å²) in [7, 11) is 0. The summed E-state index contributed by atoms with van der Waals surface area (Å²) in [6, 6.07) is -1.85. The predicted molar refractivity (Wildman–Crippen MR) is 49.7 cm³/mol. The zero-order valence-electron chi connectivity index (χ0n) is 7.92. The number of aliphatic carboxylic acids is 2. The molecule has 0 saturated carbocycles. The first-order chi connectivity index (χ1) is 7.00. The molecule has 1 aliphatic heterocycles. The summed E-state index contributed by atoms with van der Waals surface area (Å²) in [4.78, 5) is 24.6. The van der Waals surface area contributed by atoms with Crippen molar-refractivity contribution in [1.82, 2.24) is 0 Å². The van der Waals surface area contributed by atoms with Crippen molar-refractivity contribution in [2.45, 2.75) is 24.9 Å². The van der Waals surface area contributed by atoms with E-state index in [1.54, 1.807) is 0 Å². The first-order valence-electron chi connectivity index (χ1n) is 4.41. The molecule has 1 rings (SSSR count). The number of ether oxygens (including phenoxy) is 1. The Morgan fingerprint density at radius 3 is 2.73 bits per heavy atom. The number of nitrogens with zero attached hydrogens (tertiary/aromatic N) is 1. The van der Waals surface area contributed by atoms with E-state index in [0.29, 0.717) is 0 Å². The van der Waals surface area contributed by atoms with E-state index < -0.39 is 24.0 Å². The molecule has 0 aromatic rings. The second-order valence-corrected chi connectivity index (χ2v) is 3.17. The van der Waals surface area contributed by atoms with Crippen LogP contribution in [0.3, 0.4) is 0 Å². The van der Waals surface area contributed by atoms with Crippen molar-refractivity contribution in [3.63, 3.8) is 0 Å². The van der Waals surface area contributed by atoms with Gasteiger partial charge in [-0.2, -0.15) is 0 Å². The summed E-state index contributed by atoms with van der Waals surface area (Å²) in [6.07, 6.45) is 0.428. The summed E-state index contributed by atoms with van der Waals surface area (Å²) in [5, 5.41) is 17.1. The third-order valence-electron chi connectivity index (χ3n) is 1.98. The van der Waals surface area contributed by atoms with Crippen LogP contribution in [0.25, 0.3) is 0 Å². The molecule has 1 aliphatic rings. The molecule has 2 atom stereocenters. The standard InChI is InChI=1S/C8H12N2O5/c9-4(7(11)12)1-2-6-10-5(3-15-6)8(13)14/h4-5H,1-3,9H2,(H,11,12)(H,13,14)/t4-,5-/m0/s1. The summed E-state index contributed by atoms with van der Waals surface area (Å²) in [5.41, 5.74) is 5.26. The van der Waals surface area contributed by atoms with Gasteiger partial charge >= 0.3 is 11.9 Å². The fraction of sp³-hybridized carbons (Fsp3) is 0.625. The van der Waals surface area contributed by atoms with Gasteiger partial charge in [0.25, 0.3) is 0 Å². The Kier molecular flexibility index (Phi) is 3.62. The van der Waals surface area contributed by atoms with Gasteiger partial charge in [-0.3, -0.25) is 4.79 Å². The van der Waals surface area contributed by atoms with Gasteiger partial charge in [0.2, 0.25) is 0 Å². The Hall–Kier alpha value is -1.63. The Morgan fingerprint density at radius 1 is 1.60 bits per heavy atom. The quantitative estimate of drug-likeness (QED) is 0.545. The molecule has 7 heteroatoms. The lowest BCUT2D eigenvalue weighted by Gasteiger charge is -2.05. The zero-order chi connectivity index (χ0) is 11.4. The van der Waals surface area contributed by atoms with Gasteiger partial charge < -0.3 is 20.7 Å². The Labute approximate surface area is 85.5 Å². The minimum Gasteiger partial charge on any atom is -0.480 e. The summed E-state index contributed by atoms with van der Waals surface area (Å²) < 4.78 is 4.98. The fourth-order valence-corrected chi connectivity index (χ4v) is 1.09. The van der Waals surface area contributed by atoms with Crippen molar-refractivity contribution < 1.29 is 24.5 Å². The van der Waals surface area contributed by atoms with Gasteiger partial charge in [0, 0.05) is 6.42 Å². The largest absolute Gasteiger partial charge is 0.480 e. The third kappa shape index (κ3) is 3.21. The SMILES string of the molecule is N[C@@H](CCC1=N[C@H](C(=O)O)CO1)C(=O)O. The molecule has 1 heterocycles. The van der Waals surface area contributed by atoms with E-state index in [1.165, 1.54) is 0 Å². The monoisotopic (exact) mass is 216 g/mol. The lowest BCUT2D eigenvalue weighted by Crippen LogP contribution is -2.30. The molecule has 0 radical (unpaired) electrons. The number of rotatable bonds is 5. The van der Waals surface area contributed by atoms with Gasteiger partial charge in [0.05, 0.1) is 0 Å². The molecule has 0 aromatic heterocycles. The van der Waals surface area contributed by atoms with E-state index in [9.17, 15) is 9.59 Å². The van der Waals surface area contributed by atoms with Gasteiger partial charge in [-0.05, 0) is 6.42 Å². The number of aliphatic imine (C=N–C) groups is 1. The van der Waals surface area contributed by atoms with Crippen LogP contribution in [-0.4, -0.2) is 46.7 Å². The molecule has 0 unspecified atom stereocenters. The van der Waals surface area contributed by atoms with Crippen LogP contribution in [0.2, 0.25) is 0 Å². The third-order valence-corrected chi connectivity index (χ3v) is 1.98. The molecule has 0 fully saturated rings. The maximum atomic E-state index is 10.5. The predicted octanol–water partition coefficient (Wildman–Crippen LogP) is -0.940. The van der Waals surface area contributed by atoms with Crippen LogP contribution in [0.4, 0.5) is 0 Å². The van der Waals surface area contributed by atoms with Crippen molar-refractivity contribution in [2.75, 3.05) is 6.61 Å². The average Bonchev–Trinajstić information content (AvgIpc) is 2.62. The Balaban J connectivity index is 2.38. The summed E-state index contributed by atoms with van der Waals surface area (Å²) >= 11 is 0. The van der Waals surface area contributed by atoms with Crippen LogP contribution >= 0.6 is 0 Å². The fourth-order valence-electron chi connectivity index (χ4n) is 1.09. The molecular formula is C8H12N2O5. The van der Waals surface area contributed by atoms with Gasteiger partial charge in [-0.25, -0.2) is 9.79 Å². The number of nitrogens with two attached hydrogens (primary N) is 1. The van der Waals surface area contributed by atoms with Crippen LogP contribution < -0.4 is 5.73 Å². The van der Waals surface area contributed by atoms with Gasteiger partial charge in [-0.1, -0.05) is 0 Å². The van der Waals surface area contributed by atoms with Crippen molar-refractivity contribution in [3.8, 4) is 0 Å². The molecule has 0 aromatic carbocycles. The molecule has 0 aliphatic carbocycles. The molecule has 84 valence electrons. The topological polar surface area (TPSA) is 122 Å². The van der Waals surface area contributed by atoms with E-state index in [4.69, 9.17) is 20.7 Å². The van der Waals surface area contributed by atoms with Crippen molar-refractivity contribution in [3.05, 3.63) is 0 Å². The molecule has 0 saturated heterocycles. The Bertz CT molecular complexity index is 301. The maximum absolute atomic E-state index is 10.5. The van der Waals surface area contributed by atoms with Crippen molar-refractivity contribution in [2.24, 2.45) is 10.7 Å². The maximum Gasteiger partial charge on any atom is 0.332 e. The van der Waals surface area contributed by atoms with Crippen LogP contribution in [0.5, 0.6) is 0 Å². The van der Waals surface area contributed by atoms with Crippen LogP contribution in [-0.2, 0) is 14.3 Å². The second kappa shape index (κ2) is 4.74. The molecule has 4 N–H and O–H groups in total. The van der Waals surface area contributed by atoms with Gasteiger partial charge in [0.1, 0.15) is 12.6 Å². The minimum absolute atomic E-state index is 0.00692. The highest BCUT2D eigenvalue weighted by molar-refractivity contribution is 5.85. The number of carboxylic acids is 2. The highest BCUT2D eigenvalue weighted by Crippen LogP contribution is 2.09. The van der Waals surface area contributed by atoms with E-state index in [2.05, 4.69) is 4.99 Å². The minimum atomic E-state index is -1.09. The van der Waals surface area contributed by atoms with E-state index in [0.717, 1.165) is 0 Å². The molecule has 0 spiro atoms. The summed E-state index contributed by atoms with van der Waals surface area (Å²) in [6.45, 7) is 0.00692. The lowest BCUT2D eigenvalue weighted by molar-refractivity contribution is -0.139. The van der Waals surface area contributed by atoms with Gasteiger partial charge in [0.15, 0.2) is 11.9 Å². The second-order valence-electron chi connectivity index (χ2n) is 3.17. The number of carboxylic acid groups (broad SMARTS) is 2. The molecule has 0 bridgehead atoms. The van der Waals surface area contributed by atoms with Crippen LogP contribution in [0, 0.1) is 0 Å². The molecule has 7 nitrogen and oxygen atoms in total. The normalized spacial score (nSPS) is 21.7. The first kappa shape index (κ1) is 11.4. The van der Waals surface area contributed by atoms with E-state index >= 15 is 0 Å². The van der Waals surface area contributed by atoms with Crippen molar-refractivity contribution >= 4 is 17.8 Å². The zero-order valence-corrected chi connectivity index (χ0v) is 7.92. The molecule has 0 amide bonds. The smallest absolute Gasteiger partial charge is 0.332 e. The number of carbonyl (C=O) groups is 2. The van der Waals surface area contributed by atoms with Gasteiger partial charge in [-0.15, -0.1) is 0 Å². The highest BCUT2D eigenvalue weighted by Gasteiger charge is 2.25. The first-order valence-corrected chi connectivity index (χ1v) is 4.41. The highest BCUT2D eigenvalue weighted by atomic mass is 16.5. The number of hydrogen-bond acceptors (Lipinski definition) is 5.